The van der Waals surface area contributed by atoms with Crippen LogP contribution in [0, 0.1) is 0 Å². The Bertz CT molecular complexity index is 1000. The number of aromatic nitrogens is 1. The van der Waals surface area contributed by atoms with E-state index in [1.54, 1.807) is 0 Å². The third kappa shape index (κ3) is 2.50. The van der Waals surface area contributed by atoms with E-state index in [4.69, 9.17) is 4.74 Å². The minimum atomic E-state index is 0.700. The Labute approximate surface area is 141 Å². The summed E-state index contributed by atoms with van der Waals surface area (Å²) in [7, 11) is 0. The quantitative estimate of drug-likeness (QED) is 0.472. The molecule has 0 unspecified atom stereocenters. The van der Waals surface area contributed by atoms with Gasteiger partial charge in [-0.1, -0.05) is 61.5 Å². The standard InChI is InChI=1S/C22H19NO/c1-2-14-24-22-19-11-5-6-13-21(19)23-15-20(22)18-12-7-9-16-8-3-4-10-17(16)18/h3-13,15H,2,14H2,1H3. The highest BCUT2D eigenvalue weighted by atomic mass is 16.5. The fourth-order valence-corrected chi connectivity index (χ4v) is 3.13. The molecule has 0 aliphatic carbocycles. The lowest BCUT2D eigenvalue weighted by Crippen LogP contribution is -1.99. The lowest BCUT2D eigenvalue weighted by molar-refractivity contribution is 0.322. The Balaban J connectivity index is 2.01. The summed E-state index contributed by atoms with van der Waals surface area (Å²) in [5, 5.41) is 3.51. The molecule has 4 aromatic rings. The molecule has 2 nitrogen and oxygen atoms in total. The van der Waals surface area contributed by atoms with Crippen LogP contribution in [0.15, 0.2) is 72.9 Å². The number of benzene rings is 3. The molecule has 1 heterocycles. The SMILES string of the molecule is CCCOc1c(-c2cccc3ccccc23)cnc2ccccc12. The molecule has 0 aliphatic rings. The molecule has 0 spiro atoms. The monoisotopic (exact) mass is 313 g/mol. The van der Waals surface area contributed by atoms with Crippen LogP contribution in [0.2, 0.25) is 0 Å². The maximum absolute atomic E-state index is 6.16. The summed E-state index contributed by atoms with van der Waals surface area (Å²) in [5.74, 6) is 0.929. The number of ether oxygens (including phenoxy) is 1. The molecule has 4 rings (SSSR count). The van der Waals surface area contributed by atoms with Gasteiger partial charge in [0.1, 0.15) is 5.75 Å². The second kappa shape index (κ2) is 6.32. The summed E-state index contributed by atoms with van der Waals surface area (Å²) in [6, 6.07) is 23.0. The van der Waals surface area contributed by atoms with Gasteiger partial charge >= 0.3 is 0 Å². The first-order valence-corrected chi connectivity index (χ1v) is 8.37. The van der Waals surface area contributed by atoms with Crippen LogP contribution in [0.1, 0.15) is 13.3 Å². The van der Waals surface area contributed by atoms with Crippen molar-refractivity contribution in [1.29, 1.82) is 0 Å². The molecule has 0 bridgehead atoms. The summed E-state index contributed by atoms with van der Waals surface area (Å²) >= 11 is 0. The first-order valence-electron chi connectivity index (χ1n) is 8.37. The molecule has 0 fully saturated rings. The zero-order valence-electron chi connectivity index (χ0n) is 13.7. The lowest BCUT2D eigenvalue weighted by atomic mass is 9.97. The smallest absolute Gasteiger partial charge is 0.138 e. The predicted molar refractivity (Wildman–Crippen MR) is 100 cm³/mol. The van der Waals surface area contributed by atoms with Crippen LogP contribution in [-0.2, 0) is 0 Å². The van der Waals surface area contributed by atoms with Crippen molar-refractivity contribution in [3.63, 3.8) is 0 Å². The van der Waals surface area contributed by atoms with Crippen LogP contribution in [0.5, 0.6) is 5.75 Å². The summed E-state index contributed by atoms with van der Waals surface area (Å²) < 4.78 is 6.16. The average Bonchev–Trinajstić information content (AvgIpc) is 2.65. The highest BCUT2D eigenvalue weighted by molar-refractivity contribution is 6.01. The number of hydrogen-bond acceptors (Lipinski definition) is 2. The van der Waals surface area contributed by atoms with Crippen molar-refractivity contribution in [3.05, 3.63) is 72.9 Å². The topological polar surface area (TPSA) is 22.1 Å². The van der Waals surface area contributed by atoms with Gasteiger partial charge in [0.25, 0.3) is 0 Å². The molecule has 1 aromatic heterocycles. The van der Waals surface area contributed by atoms with Crippen molar-refractivity contribution in [2.24, 2.45) is 0 Å². The third-order valence-electron chi connectivity index (χ3n) is 4.26. The fraction of sp³-hybridized carbons (Fsp3) is 0.136. The molecule has 24 heavy (non-hydrogen) atoms. The van der Waals surface area contributed by atoms with Crippen molar-refractivity contribution >= 4 is 21.7 Å². The van der Waals surface area contributed by atoms with Crippen molar-refractivity contribution in [2.45, 2.75) is 13.3 Å². The van der Waals surface area contributed by atoms with Crippen molar-refractivity contribution in [2.75, 3.05) is 6.61 Å². The van der Waals surface area contributed by atoms with Crippen molar-refractivity contribution in [3.8, 4) is 16.9 Å². The fourth-order valence-electron chi connectivity index (χ4n) is 3.13. The van der Waals surface area contributed by atoms with E-state index in [0.29, 0.717) is 6.61 Å². The molecule has 118 valence electrons. The normalized spacial score (nSPS) is 11.0. The number of para-hydroxylation sites is 1. The van der Waals surface area contributed by atoms with Crippen LogP contribution in [-0.4, -0.2) is 11.6 Å². The summed E-state index contributed by atoms with van der Waals surface area (Å²) in [6.07, 6.45) is 2.92. The lowest BCUT2D eigenvalue weighted by Gasteiger charge is -2.15. The van der Waals surface area contributed by atoms with Crippen LogP contribution >= 0.6 is 0 Å². The second-order valence-electron chi connectivity index (χ2n) is 5.89. The van der Waals surface area contributed by atoms with E-state index >= 15 is 0 Å². The number of nitrogens with zero attached hydrogens (tertiary/aromatic N) is 1. The van der Waals surface area contributed by atoms with E-state index in [2.05, 4.69) is 60.4 Å². The van der Waals surface area contributed by atoms with Crippen LogP contribution in [0.3, 0.4) is 0 Å². The van der Waals surface area contributed by atoms with E-state index < -0.39 is 0 Å². The van der Waals surface area contributed by atoms with Gasteiger partial charge in [-0.2, -0.15) is 0 Å². The molecule has 0 radical (unpaired) electrons. The van der Waals surface area contributed by atoms with Gasteiger partial charge in [-0.05, 0) is 34.9 Å². The van der Waals surface area contributed by atoms with E-state index in [1.807, 2.05) is 24.4 Å². The number of fused-ring (bicyclic) bond motifs is 2. The number of pyridine rings is 1. The Morgan fingerprint density at radius 1 is 0.792 bits per heavy atom. The molecular weight excluding hydrogens is 294 g/mol. The van der Waals surface area contributed by atoms with Gasteiger partial charge in [-0.15, -0.1) is 0 Å². The molecule has 0 saturated carbocycles. The average molecular weight is 313 g/mol. The van der Waals surface area contributed by atoms with Crippen LogP contribution in [0.25, 0.3) is 32.8 Å². The van der Waals surface area contributed by atoms with Gasteiger partial charge in [0.15, 0.2) is 0 Å². The van der Waals surface area contributed by atoms with Crippen LogP contribution < -0.4 is 4.74 Å². The molecule has 3 aromatic carbocycles. The van der Waals surface area contributed by atoms with E-state index in [-0.39, 0.29) is 0 Å². The molecule has 0 aliphatic heterocycles. The van der Waals surface area contributed by atoms with Crippen LogP contribution in [0.4, 0.5) is 0 Å². The third-order valence-corrected chi connectivity index (χ3v) is 4.26. The Morgan fingerprint density at radius 3 is 2.42 bits per heavy atom. The molecule has 2 heteroatoms. The Morgan fingerprint density at radius 2 is 1.54 bits per heavy atom. The summed E-state index contributed by atoms with van der Waals surface area (Å²) in [5.41, 5.74) is 3.18. The maximum Gasteiger partial charge on any atom is 0.138 e. The van der Waals surface area contributed by atoms with Gasteiger partial charge in [0.2, 0.25) is 0 Å². The minimum Gasteiger partial charge on any atom is -0.492 e. The highest BCUT2D eigenvalue weighted by Crippen LogP contribution is 2.38. The molecule has 0 atom stereocenters. The molecule has 0 N–H and O–H groups in total. The second-order valence-corrected chi connectivity index (χ2v) is 5.89. The maximum atomic E-state index is 6.16. The van der Waals surface area contributed by atoms with Crippen molar-refractivity contribution < 1.29 is 4.74 Å². The van der Waals surface area contributed by atoms with E-state index in [1.165, 1.54) is 10.8 Å². The minimum absolute atomic E-state index is 0.700. The first kappa shape index (κ1) is 14.7. The van der Waals surface area contributed by atoms with Gasteiger partial charge in [0.05, 0.1) is 12.1 Å². The van der Waals surface area contributed by atoms with Gasteiger partial charge < -0.3 is 4.74 Å². The van der Waals surface area contributed by atoms with E-state index in [9.17, 15) is 0 Å². The van der Waals surface area contributed by atoms with Crippen molar-refractivity contribution in [1.82, 2.24) is 4.98 Å². The first-order chi connectivity index (χ1) is 11.9. The largest absolute Gasteiger partial charge is 0.492 e. The van der Waals surface area contributed by atoms with Gasteiger partial charge in [-0.3, -0.25) is 4.98 Å². The molecule has 0 amide bonds. The van der Waals surface area contributed by atoms with Gasteiger partial charge in [-0.25, -0.2) is 0 Å². The summed E-state index contributed by atoms with van der Waals surface area (Å²) in [4.78, 5) is 4.65. The zero-order valence-corrected chi connectivity index (χ0v) is 13.7. The number of hydrogen-bond donors (Lipinski definition) is 0. The molecular formula is C22H19NO. The summed E-state index contributed by atoms with van der Waals surface area (Å²) in [6.45, 7) is 2.83. The Hall–Kier alpha value is -2.87. The zero-order chi connectivity index (χ0) is 16.4. The number of rotatable bonds is 4. The Kier molecular flexibility index (Phi) is 3.87. The molecule has 0 saturated heterocycles. The van der Waals surface area contributed by atoms with Gasteiger partial charge in [0, 0.05) is 17.1 Å². The predicted octanol–water partition coefficient (Wildman–Crippen LogP) is 5.84. The van der Waals surface area contributed by atoms with E-state index in [0.717, 1.165) is 34.2 Å². The highest BCUT2D eigenvalue weighted by Gasteiger charge is 2.14.